The van der Waals surface area contributed by atoms with Crippen LogP contribution in [0, 0.1) is 0 Å². The maximum atomic E-state index is 11.2. The van der Waals surface area contributed by atoms with E-state index in [4.69, 9.17) is 10.5 Å². The van der Waals surface area contributed by atoms with Crippen LogP contribution in [0.15, 0.2) is 24.4 Å². The van der Waals surface area contributed by atoms with E-state index in [9.17, 15) is 4.79 Å². The highest BCUT2D eigenvalue weighted by atomic mass is 16.5. The highest BCUT2D eigenvalue weighted by Crippen LogP contribution is 2.07. The van der Waals surface area contributed by atoms with Crippen LogP contribution in [0.4, 0.5) is 4.79 Å². The van der Waals surface area contributed by atoms with E-state index in [-0.39, 0.29) is 12.6 Å². The lowest BCUT2D eigenvalue weighted by Gasteiger charge is -2.15. The van der Waals surface area contributed by atoms with Crippen LogP contribution in [-0.4, -0.2) is 24.2 Å². The molecule has 1 amide bonds. The molecule has 0 saturated heterocycles. The summed E-state index contributed by atoms with van der Waals surface area (Å²) in [7, 11) is 0. The molecule has 5 nitrogen and oxygen atoms in total. The predicted molar refractivity (Wildman–Crippen MR) is 56.2 cm³/mol. The van der Waals surface area contributed by atoms with Gasteiger partial charge in [0.25, 0.3) is 0 Å². The molecule has 0 aliphatic heterocycles. The molecule has 1 rings (SSSR count). The van der Waals surface area contributed by atoms with Gasteiger partial charge in [-0.1, -0.05) is 6.07 Å². The minimum Gasteiger partial charge on any atom is -0.450 e. The number of aromatic nitrogens is 1. The van der Waals surface area contributed by atoms with E-state index in [1.807, 2.05) is 12.1 Å². The van der Waals surface area contributed by atoms with Gasteiger partial charge in [0.1, 0.15) is 0 Å². The van der Waals surface area contributed by atoms with Crippen molar-refractivity contribution in [3.05, 3.63) is 30.1 Å². The molecule has 0 saturated carbocycles. The molecular weight excluding hydrogens is 194 g/mol. The summed E-state index contributed by atoms with van der Waals surface area (Å²) >= 11 is 0. The third-order valence-electron chi connectivity index (χ3n) is 1.85. The molecular formula is C10H15N3O2. The summed E-state index contributed by atoms with van der Waals surface area (Å²) in [6, 6.07) is 5.16. The average molecular weight is 209 g/mol. The van der Waals surface area contributed by atoms with Gasteiger partial charge in [-0.05, 0) is 19.1 Å². The first kappa shape index (κ1) is 11.5. The number of nitrogens with one attached hydrogen (secondary N) is 1. The number of hydrogen-bond acceptors (Lipinski definition) is 4. The van der Waals surface area contributed by atoms with Crippen molar-refractivity contribution in [1.82, 2.24) is 10.3 Å². The molecule has 0 aliphatic carbocycles. The Morgan fingerprint density at radius 3 is 3.00 bits per heavy atom. The topological polar surface area (TPSA) is 77.2 Å². The van der Waals surface area contributed by atoms with Crippen molar-refractivity contribution in [1.29, 1.82) is 0 Å². The quantitative estimate of drug-likeness (QED) is 0.769. The van der Waals surface area contributed by atoms with Crippen molar-refractivity contribution >= 4 is 6.09 Å². The molecule has 1 unspecified atom stereocenters. The predicted octanol–water partition coefficient (Wildman–Crippen LogP) is 0.828. The first-order valence-electron chi connectivity index (χ1n) is 4.82. The van der Waals surface area contributed by atoms with E-state index in [2.05, 4.69) is 10.3 Å². The van der Waals surface area contributed by atoms with Crippen molar-refractivity contribution in [3.63, 3.8) is 0 Å². The number of alkyl carbamates (subject to hydrolysis) is 1. The van der Waals surface area contributed by atoms with Crippen LogP contribution < -0.4 is 11.1 Å². The number of nitrogens with zero attached hydrogens (tertiary/aromatic N) is 1. The van der Waals surface area contributed by atoms with Gasteiger partial charge in [0.2, 0.25) is 0 Å². The lowest BCUT2D eigenvalue weighted by molar-refractivity contribution is 0.148. The largest absolute Gasteiger partial charge is 0.450 e. The molecule has 0 aromatic carbocycles. The first-order chi connectivity index (χ1) is 7.27. The Morgan fingerprint density at radius 1 is 1.67 bits per heavy atom. The number of amides is 1. The summed E-state index contributed by atoms with van der Waals surface area (Å²) in [4.78, 5) is 15.3. The Labute approximate surface area is 88.6 Å². The fourth-order valence-electron chi connectivity index (χ4n) is 1.15. The van der Waals surface area contributed by atoms with E-state index in [1.54, 1.807) is 19.2 Å². The Hall–Kier alpha value is -1.62. The molecule has 0 bridgehead atoms. The lowest BCUT2D eigenvalue weighted by atomic mass is 10.2. The number of nitrogens with two attached hydrogens (primary N) is 1. The molecule has 1 heterocycles. The van der Waals surface area contributed by atoms with Crippen LogP contribution in [0.25, 0.3) is 0 Å². The smallest absolute Gasteiger partial charge is 0.407 e. The third-order valence-corrected chi connectivity index (χ3v) is 1.85. The van der Waals surface area contributed by atoms with Crippen molar-refractivity contribution < 1.29 is 9.53 Å². The van der Waals surface area contributed by atoms with Crippen molar-refractivity contribution in [2.45, 2.75) is 13.0 Å². The van der Waals surface area contributed by atoms with Crippen molar-refractivity contribution in [2.24, 2.45) is 5.73 Å². The Kier molecular flexibility index (Phi) is 4.56. The summed E-state index contributed by atoms with van der Waals surface area (Å²) in [6.07, 6.45) is 1.18. The number of ether oxygens (including phenoxy) is 1. The minimum atomic E-state index is -0.474. The van der Waals surface area contributed by atoms with Crippen molar-refractivity contribution in [2.75, 3.05) is 13.2 Å². The number of rotatable bonds is 4. The molecule has 1 aromatic rings. The van der Waals surface area contributed by atoms with Gasteiger partial charge < -0.3 is 15.8 Å². The van der Waals surface area contributed by atoms with Gasteiger partial charge in [0, 0.05) is 12.7 Å². The van der Waals surface area contributed by atoms with Crippen LogP contribution >= 0.6 is 0 Å². The van der Waals surface area contributed by atoms with E-state index in [1.165, 1.54) is 0 Å². The third kappa shape index (κ3) is 3.55. The zero-order valence-electron chi connectivity index (χ0n) is 8.64. The van der Waals surface area contributed by atoms with E-state index < -0.39 is 6.09 Å². The van der Waals surface area contributed by atoms with Gasteiger partial charge in [0.15, 0.2) is 0 Å². The highest BCUT2D eigenvalue weighted by molar-refractivity contribution is 5.67. The summed E-state index contributed by atoms with van der Waals surface area (Å²) in [5, 5.41) is 2.64. The van der Waals surface area contributed by atoms with E-state index in [0.29, 0.717) is 6.61 Å². The van der Waals surface area contributed by atoms with Gasteiger partial charge in [0.05, 0.1) is 18.3 Å². The first-order valence-corrected chi connectivity index (χ1v) is 4.82. The van der Waals surface area contributed by atoms with Gasteiger partial charge in [-0.25, -0.2) is 4.79 Å². The standard InChI is InChI=1S/C10H15N3O2/c1-2-15-10(14)13-9(7-11)8-5-3-4-6-12-8/h3-6,9H,2,7,11H2,1H3,(H,13,14). The molecule has 0 radical (unpaired) electrons. The Morgan fingerprint density at radius 2 is 2.47 bits per heavy atom. The minimum absolute atomic E-state index is 0.288. The van der Waals surface area contributed by atoms with E-state index >= 15 is 0 Å². The van der Waals surface area contributed by atoms with Crippen LogP contribution in [0.1, 0.15) is 18.7 Å². The number of pyridine rings is 1. The molecule has 0 aliphatic rings. The van der Waals surface area contributed by atoms with Gasteiger partial charge >= 0.3 is 6.09 Å². The van der Waals surface area contributed by atoms with Gasteiger partial charge in [-0.2, -0.15) is 0 Å². The molecule has 82 valence electrons. The molecule has 15 heavy (non-hydrogen) atoms. The SMILES string of the molecule is CCOC(=O)NC(CN)c1ccccn1. The lowest BCUT2D eigenvalue weighted by Crippen LogP contribution is -2.34. The van der Waals surface area contributed by atoms with Gasteiger partial charge in [-0.3, -0.25) is 4.98 Å². The molecule has 5 heteroatoms. The molecule has 0 fully saturated rings. The maximum Gasteiger partial charge on any atom is 0.407 e. The summed E-state index contributed by atoms with van der Waals surface area (Å²) in [5.41, 5.74) is 6.27. The zero-order valence-corrected chi connectivity index (χ0v) is 8.64. The van der Waals surface area contributed by atoms with Crippen LogP contribution in [0.2, 0.25) is 0 Å². The van der Waals surface area contributed by atoms with Crippen LogP contribution in [0.5, 0.6) is 0 Å². The summed E-state index contributed by atoms with van der Waals surface area (Å²) < 4.78 is 4.76. The second kappa shape index (κ2) is 5.98. The maximum absolute atomic E-state index is 11.2. The molecule has 3 N–H and O–H groups in total. The fourth-order valence-corrected chi connectivity index (χ4v) is 1.15. The summed E-state index contributed by atoms with van der Waals surface area (Å²) in [5.74, 6) is 0. The van der Waals surface area contributed by atoms with Crippen LogP contribution in [0.3, 0.4) is 0 Å². The highest BCUT2D eigenvalue weighted by Gasteiger charge is 2.13. The Balaban J connectivity index is 2.61. The molecule has 1 atom stereocenters. The summed E-state index contributed by atoms with van der Waals surface area (Å²) in [6.45, 7) is 2.37. The number of carbonyl (C=O) groups excluding carboxylic acids is 1. The molecule has 0 spiro atoms. The second-order valence-electron chi connectivity index (χ2n) is 2.91. The fraction of sp³-hybridized carbons (Fsp3) is 0.400. The average Bonchev–Trinajstić information content (AvgIpc) is 2.27. The second-order valence-corrected chi connectivity index (χ2v) is 2.91. The number of carbonyl (C=O) groups is 1. The monoisotopic (exact) mass is 209 g/mol. The van der Waals surface area contributed by atoms with E-state index in [0.717, 1.165) is 5.69 Å². The number of hydrogen-bond donors (Lipinski definition) is 2. The van der Waals surface area contributed by atoms with Gasteiger partial charge in [-0.15, -0.1) is 0 Å². The molecule has 1 aromatic heterocycles. The van der Waals surface area contributed by atoms with Crippen LogP contribution in [-0.2, 0) is 4.74 Å². The van der Waals surface area contributed by atoms with Crippen molar-refractivity contribution in [3.8, 4) is 0 Å². The zero-order chi connectivity index (χ0) is 11.1. The Bertz CT molecular complexity index is 303. The normalized spacial score (nSPS) is 11.9.